The number of hydrogen-bond acceptors (Lipinski definition) is 1. The van der Waals surface area contributed by atoms with Gasteiger partial charge in [0.25, 0.3) is 0 Å². The topological polar surface area (TPSA) is 8.17 Å². The highest BCUT2D eigenvalue weighted by Gasteiger charge is 2.30. The van der Waals surface area contributed by atoms with E-state index in [4.69, 9.17) is 1.37 Å². The van der Waals surface area contributed by atoms with Crippen molar-refractivity contribution in [3.05, 3.63) is 124 Å². The Hall–Kier alpha value is -4.30. The third-order valence-corrected chi connectivity index (χ3v) is 13.4. The lowest BCUT2D eigenvalue weighted by Gasteiger charge is -2.35. The maximum absolute atomic E-state index is 9.55. The molecule has 0 aliphatic rings. The molecule has 6 aromatic rings. The molecule has 266 valence electrons. The first kappa shape index (κ1) is 32.6. The zero-order chi connectivity index (χ0) is 40.5. The van der Waals surface area contributed by atoms with Crippen molar-refractivity contribution >= 4 is 38.9 Å². The summed E-state index contributed by atoms with van der Waals surface area (Å²) in [6.07, 6.45) is 0. The molecule has 51 heavy (non-hydrogen) atoms. The van der Waals surface area contributed by atoms with Crippen LogP contribution in [0.4, 0.5) is 17.1 Å². The lowest BCUT2D eigenvalue weighted by Crippen LogP contribution is -2.19. The van der Waals surface area contributed by atoms with Crippen molar-refractivity contribution in [3.63, 3.8) is 0 Å². The molecule has 0 amide bonds. The minimum absolute atomic E-state index is 0.236. The SMILES string of the molecule is [3H]c1c(C)c([3H])c(N(c2c(C)c(C)c(C)c(C)c2C)c2c(C)c(C)c(-n3c4c(C)c(C)c(C)c(C)c4c4c(C)c(C)c(C)c(C)c43)c(C)c2C)c([3H])c1C. The standard InChI is InChI=1S/C49H60N2/c1-23-20-24(2)22-42(21-23)50(45-34(12)28(6)25(3)29(7)35(45)13)46-38(16)40(18)47(41(19)39(46)17)51-48-36(14)30(8)26(4)32(10)43(48)44-33(11)27(5)31(9)37(15)49(44)51/h20-22H,1-19H3/i20T,21T,22T. The molecule has 1 heterocycles. The molecule has 2 nitrogen and oxygen atoms in total. The number of aryl methyl sites for hydroxylation is 4. The maximum atomic E-state index is 9.55. The van der Waals surface area contributed by atoms with Crippen LogP contribution in [0.1, 0.15) is 110 Å². The summed E-state index contributed by atoms with van der Waals surface area (Å²) in [5, 5.41) is 2.70. The molecule has 0 aliphatic carbocycles. The predicted octanol–water partition coefficient (Wildman–Crippen LogP) is 14.1. The van der Waals surface area contributed by atoms with E-state index in [1.165, 1.54) is 99.8 Å². The van der Waals surface area contributed by atoms with Crippen LogP contribution in [0.5, 0.6) is 0 Å². The quantitative estimate of drug-likeness (QED) is 0.180. The van der Waals surface area contributed by atoms with Gasteiger partial charge in [-0.1, -0.05) is 6.04 Å². The van der Waals surface area contributed by atoms with Crippen LogP contribution in [0.3, 0.4) is 0 Å². The molecule has 2 heteroatoms. The normalized spacial score (nSPS) is 12.6. The third kappa shape index (κ3) is 5.03. The first-order valence-corrected chi connectivity index (χ1v) is 18.6. The van der Waals surface area contributed by atoms with Crippen molar-refractivity contribution in [3.8, 4) is 5.69 Å². The molecule has 5 aromatic carbocycles. The number of nitrogens with zero attached hydrogens (tertiary/aromatic N) is 2. The Labute approximate surface area is 312 Å². The lowest BCUT2D eigenvalue weighted by molar-refractivity contribution is 1.05. The van der Waals surface area contributed by atoms with Crippen LogP contribution >= 0.6 is 0 Å². The Kier molecular flexibility index (Phi) is 7.95. The number of aromatic nitrogens is 1. The van der Waals surface area contributed by atoms with E-state index < -0.39 is 0 Å². The van der Waals surface area contributed by atoms with Crippen LogP contribution in [0.25, 0.3) is 27.5 Å². The van der Waals surface area contributed by atoms with E-state index in [9.17, 15) is 2.74 Å². The van der Waals surface area contributed by atoms with Gasteiger partial charge in [0.15, 0.2) is 0 Å². The maximum Gasteiger partial charge on any atom is 0.0648 e. The highest BCUT2D eigenvalue weighted by Crippen LogP contribution is 2.50. The van der Waals surface area contributed by atoms with Crippen LogP contribution < -0.4 is 4.90 Å². The Morgan fingerprint density at radius 1 is 0.353 bits per heavy atom. The van der Waals surface area contributed by atoms with Gasteiger partial charge in [0.05, 0.1) is 32.2 Å². The van der Waals surface area contributed by atoms with Crippen LogP contribution in [0, 0.1) is 132 Å². The summed E-state index contributed by atoms with van der Waals surface area (Å²) in [5.41, 5.74) is 28.9. The van der Waals surface area contributed by atoms with Crippen LogP contribution in [-0.2, 0) is 0 Å². The summed E-state index contributed by atoms with van der Waals surface area (Å²) in [6.45, 7) is 41.9. The van der Waals surface area contributed by atoms with Gasteiger partial charge in [0.1, 0.15) is 0 Å². The highest BCUT2D eigenvalue weighted by molar-refractivity contribution is 6.15. The Morgan fingerprint density at radius 3 is 1.02 bits per heavy atom. The van der Waals surface area contributed by atoms with E-state index in [2.05, 4.69) is 127 Å². The molecule has 0 radical (unpaired) electrons. The zero-order valence-electron chi connectivity index (χ0n) is 37.9. The van der Waals surface area contributed by atoms with Gasteiger partial charge in [-0.15, -0.1) is 0 Å². The molecule has 6 rings (SSSR count). The molecule has 0 saturated carbocycles. The number of fused-ring (bicyclic) bond motifs is 3. The van der Waals surface area contributed by atoms with Crippen molar-refractivity contribution in [1.82, 2.24) is 4.57 Å². The van der Waals surface area contributed by atoms with Gasteiger partial charge in [0.2, 0.25) is 0 Å². The summed E-state index contributed by atoms with van der Waals surface area (Å²) >= 11 is 0. The molecule has 0 fully saturated rings. The second-order valence-electron chi connectivity index (χ2n) is 15.8. The van der Waals surface area contributed by atoms with Gasteiger partial charge >= 0.3 is 0 Å². The van der Waals surface area contributed by atoms with Gasteiger partial charge in [0, 0.05) is 16.5 Å². The van der Waals surface area contributed by atoms with Gasteiger partial charge in [-0.2, -0.15) is 0 Å². The fourth-order valence-corrected chi connectivity index (χ4v) is 9.03. The smallest absolute Gasteiger partial charge is 0.0648 e. The molecule has 0 aliphatic heterocycles. The fourth-order valence-electron chi connectivity index (χ4n) is 9.03. The predicted molar refractivity (Wildman–Crippen MR) is 225 cm³/mol. The number of hydrogen-bond donors (Lipinski definition) is 0. The van der Waals surface area contributed by atoms with E-state index in [1.807, 2.05) is 13.8 Å². The first-order valence-electron chi connectivity index (χ1n) is 20.1. The van der Waals surface area contributed by atoms with Gasteiger partial charge in [-0.3, -0.25) is 0 Å². The second-order valence-corrected chi connectivity index (χ2v) is 15.8. The summed E-state index contributed by atoms with van der Waals surface area (Å²) in [5.74, 6) is 0. The molecular formula is C49H60N2. The van der Waals surface area contributed by atoms with E-state index >= 15 is 0 Å². The molecule has 0 atom stereocenters. The van der Waals surface area contributed by atoms with Crippen molar-refractivity contribution in [2.75, 3.05) is 4.90 Å². The zero-order valence-corrected chi connectivity index (χ0v) is 34.9. The molecule has 0 N–H and O–H groups in total. The van der Waals surface area contributed by atoms with E-state index in [0.717, 1.165) is 33.6 Å². The van der Waals surface area contributed by atoms with Crippen molar-refractivity contribution < 1.29 is 4.11 Å². The molecule has 0 saturated heterocycles. The molecule has 0 spiro atoms. The largest absolute Gasteiger partial charge is 0.309 e. The summed E-state index contributed by atoms with van der Waals surface area (Å²) in [6, 6.07) is 0.743. The second kappa shape index (κ2) is 12.4. The minimum Gasteiger partial charge on any atom is -0.309 e. The molecular weight excluding hydrogens is 617 g/mol. The minimum atomic E-state index is 0.236. The van der Waals surface area contributed by atoms with Crippen molar-refractivity contribution in [2.24, 2.45) is 0 Å². The Morgan fingerprint density at radius 2 is 0.647 bits per heavy atom. The van der Waals surface area contributed by atoms with Gasteiger partial charge in [-0.05, 0) is 249 Å². The third-order valence-electron chi connectivity index (χ3n) is 13.4. The summed E-state index contributed by atoms with van der Waals surface area (Å²) < 4.78 is 30.5. The van der Waals surface area contributed by atoms with E-state index in [0.29, 0.717) is 16.8 Å². The van der Waals surface area contributed by atoms with Gasteiger partial charge < -0.3 is 9.47 Å². The van der Waals surface area contributed by atoms with Crippen LogP contribution in [0.15, 0.2) is 18.1 Å². The van der Waals surface area contributed by atoms with E-state index in [1.54, 1.807) is 0 Å². The number of rotatable bonds is 4. The van der Waals surface area contributed by atoms with Crippen molar-refractivity contribution in [2.45, 2.75) is 132 Å². The van der Waals surface area contributed by atoms with Crippen molar-refractivity contribution in [1.29, 1.82) is 0 Å². The Bertz CT molecular complexity index is 2430. The highest BCUT2D eigenvalue weighted by atomic mass is 15.2. The molecule has 0 unspecified atom stereocenters. The first-order chi connectivity index (χ1) is 25.0. The summed E-state index contributed by atoms with van der Waals surface area (Å²) in [7, 11) is 0. The lowest BCUT2D eigenvalue weighted by atomic mass is 9.89. The summed E-state index contributed by atoms with van der Waals surface area (Å²) in [4.78, 5) is 2.24. The molecule has 0 bridgehead atoms. The van der Waals surface area contributed by atoms with Gasteiger partial charge in [-0.25, -0.2) is 0 Å². The van der Waals surface area contributed by atoms with Crippen LogP contribution in [0.2, 0.25) is 0 Å². The average Bonchev–Trinajstić information content (AvgIpc) is 3.49. The van der Waals surface area contributed by atoms with Crippen LogP contribution in [-0.4, -0.2) is 4.57 Å². The average molecular weight is 683 g/mol. The van der Waals surface area contributed by atoms with E-state index in [-0.39, 0.29) is 18.1 Å². The molecule has 1 aromatic heterocycles. The monoisotopic (exact) mass is 683 g/mol. The Balaban J connectivity index is 1.88. The number of benzene rings is 5. The number of anilines is 3. The fraction of sp³-hybridized carbons (Fsp3) is 0.388.